The van der Waals surface area contributed by atoms with Crippen molar-refractivity contribution in [3.8, 4) is 11.1 Å². The van der Waals surface area contributed by atoms with E-state index in [-0.39, 0.29) is 5.91 Å². The van der Waals surface area contributed by atoms with Gasteiger partial charge in [-0.25, -0.2) is 5.48 Å². The average Bonchev–Trinajstić information content (AvgIpc) is 3.44. The van der Waals surface area contributed by atoms with E-state index in [0.717, 1.165) is 50.7 Å². The minimum Gasteiger partial charge on any atom is -0.371 e. The fourth-order valence-electron chi connectivity index (χ4n) is 5.12. The Labute approximate surface area is 224 Å². The number of nitrogens with one attached hydrogen (secondary N) is 2. The van der Waals surface area contributed by atoms with E-state index in [4.69, 9.17) is 5.21 Å². The van der Waals surface area contributed by atoms with Crippen LogP contribution in [0.25, 0.3) is 32.8 Å². The zero-order chi connectivity index (χ0) is 26.2. The zero-order valence-electron chi connectivity index (χ0n) is 21.7. The van der Waals surface area contributed by atoms with Gasteiger partial charge in [-0.1, -0.05) is 79.6 Å². The van der Waals surface area contributed by atoms with Crippen molar-refractivity contribution < 1.29 is 10.0 Å². The lowest BCUT2D eigenvalue weighted by molar-refractivity contribution is -0.129. The molecule has 194 valence electrons. The number of fused-ring (bicyclic) bond motifs is 2. The smallest absolute Gasteiger partial charge is 0.243 e. The van der Waals surface area contributed by atoms with E-state index in [9.17, 15) is 4.79 Å². The molecule has 0 saturated heterocycles. The molecule has 0 aliphatic heterocycles. The van der Waals surface area contributed by atoms with E-state index in [1.807, 2.05) is 6.20 Å². The molecule has 38 heavy (non-hydrogen) atoms. The summed E-state index contributed by atoms with van der Waals surface area (Å²) in [6, 6.07) is 32.8. The molecule has 0 aliphatic carbocycles. The number of hydroxylamine groups is 1. The molecule has 0 atom stereocenters. The summed E-state index contributed by atoms with van der Waals surface area (Å²) in [5.41, 5.74) is 7.86. The monoisotopic (exact) mass is 505 g/mol. The van der Waals surface area contributed by atoms with Crippen molar-refractivity contribution in [1.82, 2.24) is 10.5 Å². The highest BCUT2D eigenvalue weighted by molar-refractivity contribution is 5.85. The zero-order valence-corrected chi connectivity index (χ0v) is 21.7. The molecule has 0 saturated carbocycles. The van der Waals surface area contributed by atoms with E-state index >= 15 is 0 Å². The van der Waals surface area contributed by atoms with Gasteiger partial charge >= 0.3 is 0 Å². The minimum absolute atomic E-state index is 0.308. The first-order valence-corrected chi connectivity index (χ1v) is 13.5. The van der Waals surface area contributed by atoms with Crippen LogP contribution in [0.5, 0.6) is 0 Å². The topological polar surface area (TPSA) is 68.4 Å². The molecular weight excluding hydrogens is 470 g/mol. The summed E-state index contributed by atoms with van der Waals surface area (Å²) in [6.45, 7) is 1.91. The third-order valence-electron chi connectivity index (χ3n) is 7.31. The van der Waals surface area contributed by atoms with Gasteiger partial charge in [0.2, 0.25) is 5.91 Å². The fraction of sp³-hybridized carbons (Fsp3) is 0.242. The average molecular weight is 506 g/mol. The van der Waals surface area contributed by atoms with E-state index in [0.29, 0.717) is 6.42 Å². The summed E-state index contributed by atoms with van der Waals surface area (Å²) in [5.74, 6) is -0.308. The number of unbranched alkanes of at least 4 members (excludes halogenated alkanes) is 3. The van der Waals surface area contributed by atoms with Crippen LogP contribution < -0.4 is 10.4 Å². The molecule has 1 aromatic heterocycles. The van der Waals surface area contributed by atoms with Gasteiger partial charge < -0.3 is 9.88 Å². The Morgan fingerprint density at radius 2 is 1.50 bits per heavy atom. The number of benzene rings is 4. The molecule has 5 rings (SSSR count). The molecule has 5 nitrogen and oxygen atoms in total. The number of aromatic nitrogens is 1. The van der Waals surface area contributed by atoms with E-state index < -0.39 is 0 Å². The van der Waals surface area contributed by atoms with Crippen LogP contribution in [0.2, 0.25) is 0 Å². The van der Waals surface area contributed by atoms with Gasteiger partial charge in [0.25, 0.3) is 0 Å². The molecule has 1 amide bonds. The van der Waals surface area contributed by atoms with Gasteiger partial charge in [0.1, 0.15) is 0 Å². The summed E-state index contributed by atoms with van der Waals surface area (Å²) >= 11 is 0. The van der Waals surface area contributed by atoms with E-state index in [1.54, 1.807) is 5.48 Å². The van der Waals surface area contributed by atoms with Crippen molar-refractivity contribution in [1.29, 1.82) is 0 Å². The Kier molecular flexibility index (Phi) is 8.36. The largest absolute Gasteiger partial charge is 0.371 e. The third-order valence-corrected chi connectivity index (χ3v) is 7.31. The SMILES string of the molecule is O=C(CCCCCCN(CCc1ccc2ccccc2c1)c1ccc(-c2ccc3cc[nH]c3c2)cc1)NO. The van der Waals surface area contributed by atoms with Gasteiger partial charge in [-0.15, -0.1) is 0 Å². The highest BCUT2D eigenvalue weighted by atomic mass is 16.5. The first kappa shape index (κ1) is 25.6. The molecular formula is C33H35N3O2. The summed E-state index contributed by atoms with van der Waals surface area (Å²) < 4.78 is 0. The number of H-pyrrole nitrogens is 1. The van der Waals surface area contributed by atoms with Crippen molar-refractivity contribution in [3.05, 3.63) is 103 Å². The molecule has 3 N–H and O–H groups in total. The predicted octanol–water partition coefficient (Wildman–Crippen LogP) is 7.49. The lowest BCUT2D eigenvalue weighted by Crippen LogP contribution is -2.27. The molecule has 4 aromatic carbocycles. The Balaban J connectivity index is 1.26. The second-order valence-corrected chi connectivity index (χ2v) is 9.94. The molecule has 1 heterocycles. The maximum atomic E-state index is 11.2. The van der Waals surface area contributed by atoms with Gasteiger partial charge in [0.15, 0.2) is 0 Å². The van der Waals surface area contributed by atoms with Crippen LogP contribution in [0.1, 0.15) is 37.7 Å². The van der Waals surface area contributed by atoms with Crippen LogP contribution in [0, 0.1) is 0 Å². The van der Waals surface area contributed by atoms with E-state index in [2.05, 4.69) is 101 Å². The number of amides is 1. The Hall–Kier alpha value is -4.09. The molecule has 0 radical (unpaired) electrons. The molecule has 0 spiro atoms. The Morgan fingerprint density at radius 1 is 0.737 bits per heavy atom. The van der Waals surface area contributed by atoms with Crippen molar-refractivity contribution in [2.45, 2.75) is 38.5 Å². The van der Waals surface area contributed by atoms with Gasteiger partial charge in [-0.2, -0.15) is 0 Å². The van der Waals surface area contributed by atoms with Crippen molar-refractivity contribution in [2.24, 2.45) is 0 Å². The quantitative estimate of drug-likeness (QED) is 0.0934. The molecule has 0 unspecified atom stereocenters. The molecule has 5 heteroatoms. The van der Waals surface area contributed by atoms with Gasteiger partial charge in [0, 0.05) is 36.9 Å². The van der Waals surface area contributed by atoms with Gasteiger partial charge in [0.05, 0.1) is 0 Å². The van der Waals surface area contributed by atoms with Gasteiger partial charge in [-0.3, -0.25) is 10.0 Å². The van der Waals surface area contributed by atoms with Crippen molar-refractivity contribution >= 4 is 33.3 Å². The first-order chi connectivity index (χ1) is 18.7. The summed E-state index contributed by atoms with van der Waals surface area (Å²) in [4.78, 5) is 17.0. The number of carbonyl (C=O) groups is 1. The summed E-state index contributed by atoms with van der Waals surface area (Å²) in [6.07, 6.45) is 7.22. The van der Waals surface area contributed by atoms with Gasteiger partial charge in [-0.05, 0) is 76.4 Å². The van der Waals surface area contributed by atoms with E-state index in [1.165, 1.54) is 38.5 Å². The lowest BCUT2D eigenvalue weighted by atomic mass is 10.0. The predicted molar refractivity (Wildman–Crippen MR) is 157 cm³/mol. The normalized spacial score (nSPS) is 11.2. The number of carbonyl (C=O) groups excluding carboxylic acids is 1. The maximum absolute atomic E-state index is 11.2. The molecule has 0 bridgehead atoms. The number of hydrogen-bond acceptors (Lipinski definition) is 3. The number of aromatic amines is 1. The minimum atomic E-state index is -0.308. The molecule has 0 fully saturated rings. The Bertz CT molecular complexity index is 1490. The van der Waals surface area contributed by atoms with Crippen molar-refractivity contribution in [2.75, 3.05) is 18.0 Å². The number of nitrogens with zero attached hydrogens (tertiary/aromatic N) is 1. The third kappa shape index (κ3) is 6.42. The van der Waals surface area contributed by atoms with Crippen molar-refractivity contribution in [3.63, 3.8) is 0 Å². The molecule has 0 aliphatic rings. The number of hydrogen-bond donors (Lipinski definition) is 3. The maximum Gasteiger partial charge on any atom is 0.243 e. The highest BCUT2D eigenvalue weighted by Gasteiger charge is 2.09. The lowest BCUT2D eigenvalue weighted by Gasteiger charge is -2.25. The van der Waals surface area contributed by atoms with Crippen LogP contribution >= 0.6 is 0 Å². The standard InChI is InChI=1S/C33H35N3O2/c37-33(35-38)9-3-1-2-6-21-36(22-19-25-10-11-26-7-4-5-8-29(26)23-25)31-16-14-27(15-17-31)30-13-12-28-18-20-34-32(28)24-30/h4-5,7-8,10-18,20,23-24,34,38H,1-3,6,9,19,21-22H2,(H,35,37). The summed E-state index contributed by atoms with van der Waals surface area (Å²) in [5, 5.41) is 12.5. The van der Waals surface area contributed by atoms with Crippen LogP contribution in [-0.4, -0.2) is 29.2 Å². The number of rotatable bonds is 12. The van der Waals surface area contributed by atoms with Crippen LogP contribution in [-0.2, 0) is 11.2 Å². The first-order valence-electron chi connectivity index (χ1n) is 13.5. The second kappa shape index (κ2) is 12.4. The second-order valence-electron chi connectivity index (χ2n) is 9.94. The van der Waals surface area contributed by atoms with Crippen LogP contribution in [0.4, 0.5) is 5.69 Å². The summed E-state index contributed by atoms with van der Waals surface area (Å²) in [7, 11) is 0. The molecule has 5 aromatic rings. The highest BCUT2D eigenvalue weighted by Crippen LogP contribution is 2.27. The van der Waals surface area contributed by atoms with Crippen LogP contribution in [0.3, 0.4) is 0 Å². The van der Waals surface area contributed by atoms with Crippen LogP contribution in [0.15, 0.2) is 97.2 Å². The fourth-order valence-corrected chi connectivity index (χ4v) is 5.12. The number of anilines is 1. The Morgan fingerprint density at radius 3 is 2.34 bits per heavy atom.